The van der Waals surface area contributed by atoms with E-state index >= 15 is 0 Å². The number of hydrogen-bond acceptors (Lipinski definition) is 4. The van der Waals surface area contributed by atoms with E-state index in [1.807, 2.05) is 79.7 Å². The number of carbonyl (C=O) groups is 2. The predicted molar refractivity (Wildman–Crippen MR) is 138 cm³/mol. The van der Waals surface area contributed by atoms with Crippen LogP contribution < -0.4 is 5.32 Å². The van der Waals surface area contributed by atoms with Crippen molar-refractivity contribution in [1.29, 1.82) is 0 Å². The highest BCUT2D eigenvalue weighted by molar-refractivity contribution is 6.18. The number of likely N-dealkylation sites (N-methyl/N-ethyl adjacent to an activating group) is 2. The van der Waals surface area contributed by atoms with Crippen LogP contribution in [0, 0.1) is 5.92 Å². The Kier molecular flexibility index (Phi) is 7.23. The van der Waals surface area contributed by atoms with Crippen LogP contribution in [0.3, 0.4) is 0 Å². The summed E-state index contributed by atoms with van der Waals surface area (Å²) in [5, 5.41) is 14.2. The van der Waals surface area contributed by atoms with Gasteiger partial charge in [0.05, 0.1) is 12.6 Å². The fourth-order valence-electron chi connectivity index (χ4n) is 4.25. The van der Waals surface area contributed by atoms with E-state index in [0.29, 0.717) is 12.2 Å². The molecule has 0 aliphatic rings. The lowest BCUT2D eigenvalue weighted by Gasteiger charge is -2.32. The molecule has 1 radical (unpaired) electrons. The molecule has 4 aromatic rings. The number of nitrogens with zero attached hydrogens (tertiary/aromatic N) is 2. The first-order valence-electron chi connectivity index (χ1n) is 11.6. The summed E-state index contributed by atoms with van der Waals surface area (Å²) in [5.74, 6) is -0.941. The Bertz CT molecular complexity index is 1260. The molecule has 2 amide bonds. The van der Waals surface area contributed by atoms with Gasteiger partial charge in [-0.15, -0.1) is 0 Å². The fraction of sp³-hybridized carbons (Fsp3) is 0.296. The molecule has 183 valence electrons. The lowest BCUT2D eigenvalue weighted by atomic mass is 10.00. The highest BCUT2D eigenvalue weighted by Crippen LogP contribution is 2.29. The molecule has 8 nitrogen and oxygen atoms in total. The number of amides is 2. The molecule has 2 aromatic carbocycles. The van der Waals surface area contributed by atoms with E-state index in [0.717, 1.165) is 27.5 Å². The van der Waals surface area contributed by atoms with E-state index in [2.05, 4.69) is 15.3 Å². The van der Waals surface area contributed by atoms with E-state index in [1.165, 1.54) is 0 Å². The monoisotopic (exact) mass is 474 g/mol. The van der Waals surface area contributed by atoms with Crippen molar-refractivity contribution in [2.75, 3.05) is 34.3 Å². The number of hydrogen-bond donors (Lipinski definition) is 4. The standard InChI is InChI=1S/C27H32N5O3/c1-17(16-33)28-26(34)25(23-14-19-10-6-8-12-21(19)30-23)27(35)32(4)24(15-31(2)3)22-13-18-9-5-7-11-20(18)29-22/h5-14,17,24,29-30,33H,15-16H2,1-4H3,(H,28,34). The summed E-state index contributed by atoms with van der Waals surface area (Å²) >= 11 is 0. The van der Waals surface area contributed by atoms with Crippen LogP contribution in [0.25, 0.3) is 21.8 Å². The third kappa shape index (κ3) is 5.23. The molecular formula is C27H32N5O3. The number of aromatic amines is 2. The zero-order valence-corrected chi connectivity index (χ0v) is 20.5. The van der Waals surface area contributed by atoms with Gasteiger partial charge in [-0.05, 0) is 56.1 Å². The largest absolute Gasteiger partial charge is 0.394 e. The van der Waals surface area contributed by atoms with Crippen LogP contribution in [0.5, 0.6) is 0 Å². The van der Waals surface area contributed by atoms with Gasteiger partial charge in [0.25, 0.3) is 0 Å². The first-order chi connectivity index (χ1) is 16.8. The van der Waals surface area contributed by atoms with Crippen LogP contribution in [-0.4, -0.2) is 77.0 Å². The molecule has 0 saturated carbocycles. The number of aromatic nitrogens is 2. The molecule has 2 unspecified atom stereocenters. The van der Waals surface area contributed by atoms with Crippen molar-refractivity contribution in [1.82, 2.24) is 25.1 Å². The molecule has 2 atom stereocenters. The Morgan fingerprint density at radius 1 is 0.943 bits per heavy atom. The van der Waals surface area contributed by atoms with Gasteiger partial charge in [0.15, 0.2) is 5.92 Å². The van der Waals surface area contributed by atoms with E-state index < -0.39 is 17.9 Å². The maximum atomic E-state index is 14.0. The highest BCUT2D eigenvalue weighted by atomic mass is 16.3. The summed E-state index contributed by atoms with van der Waals surface area (Å²) in [6.07, 6.45) is 0. The second-order valence-electron chi connectivity index (χ2n) is 9.21. The molecule has 2 heterocycles. The number of carbonyl (C=O) groups excluding carboxylic acids is 2. The Labute approximate surface area is 204 Å². The number of para-hydroxylation sites is 2. The van der Waals surface area contributed by atoms with Gasteiger partial charge in [-0.3, -0.25) is 9.59 Å². The Morgan fingerprint density at radius 3 is 2.11 bits per heavy atom. The summed E-state index contributed by atoms with van der Waals surface area (Å²) in [7, 11) is 5.62. The molecule has 0 fully saturated rings. The summed E-state index contributed by atoms with van der Waals surface area (Å²) in [5.41, 5.74) is 3.14. The minimum Gasteiger partial charge on any atom is -0.394 e. The van der Waals surface area contributed by atoms with Gasteiger partial charge in [0, 0.05) is 42.1 Å². The summed E-state index contributed by atoms with van der Waals surface area (Å²) < 4.78 is 0. The molecule has 0 spiro atoms. The van der Waals surface area contributed by atoms with Crippen molar-refractivity contribution in [2.45, 2.75) is 19.0 Å². The van der Waals surface area contributed by atoms with Gasteiger partial charge in [-0.1, -0.05) is 36.4 Å². The van der Waals surface area contributed by atoms with Crippen LogP contribution >= 0.6 is 0 Å². The van der Waals surface area contributed by atoms with Crippen LogP contribution in [0.2, 0.25) is 0 Å². The van der Waals surface area contributed by atoms with Crippen LogP contribution in [0.1, 0.15) is 24.4 Å². The molecule has 8 heteroatoms. The molecular weight excluding hydrogens is 442 g/mol. The summed E-state index contributed by atoms with van der Waals surface area (Å²) in [6, 6.07) is 18.6. The fourth-order valence-corrected chi connectivity index (χ4v) is 4.25. The molecule has 4 rings (SSSR count). The first-order valence-corrected chi connectivity index (χ1v) is 11.6. The lowest BCUT2D eigenvalue weighted by Crippen LogP contribution is -2.47. The van der Waals surface area contributed by atoms with Crippen molar-refractivity contribution < 1.29 is 14.7 Å². The molecule has 0 aliphatic carbocycles. The number of nitrogens with one attached hydrogen (secondary N) is 3. The second kappa shape index (κ2) is 10.3. The van der Waals surface area contributed by atoms with E-state index in [-0.39, 0.29) is 18.6 Å². The Hall–Kier alpha value is -3.62. The number of H-pyrrole nitrogens is 2. The van der Waals surface area contributed by atoms with E-state index in [9.17, 15) is 14.7 Å². The third-order valence-corrected chi connectivity index (χ3v) is 6.13. The summed E-state index contributed by atoms with van der Waals surface area (Å²) in [4.78, 5) is 37.5. The van der Waals surface area contributed by atoms with Crippen molar-refractivity contribution in [2.24, 2.45) is 0 Å². The van der Waals surface area contributed by atoms with Gasteiger partial charge in [0.1, 0.15) is 0 Å². The zero-order valence-electron chi connectivity index (χ0n) is 20.5. The van der Waals surface area contributed by atoms with Crippen molar-refractivity contribution in [3.05, 3.63) is 78.0 Å². The highest BCUT2D eigenvalue weighted by Gasteiger charge is 2.37. The SMILES string of the molecule is CC(CO)NC(=O)[C](C(=O)N(C)C(CN(C)C)c1cc2ccccc2[nH]1)c1cc2ccccc2[nH]1. The number of rotatable bonds is 9. The normalized spacial score (nSPS) is 13.5. The van der Waals surface area contributed by atoms with Gasteiger partial charge in [0.2, 0.25) is 11.8 Å². The average molecular weight is 475 g/mol. The molecule has 0 aliphatic heterocycles. The number of benzene rings is 2. The van der Waals surface area contributed by atoms with Gasteiger partial charge in [-0.25, -0.2) is 0 Å². The maximum absolute atomic E-state index is 14.0. The van der Waals surface area contributed by atoms with Crippen LogP contribution in [-0.2, 0) is 9.59 Å². The lowest BCUT2D eigenvalue weighted by molar-refractivity contribution is -0.134. The first kappa shape index (κ1) is 24.5. The number of fused-ring (bicyclic) bond motifs is 2. The Balaban J connectivity index is 1.73. The minimum atomic E-state index is -0.532. The van der Waals surface area contributed by atoms with E-state index in [4.69, 9.17) is 0 Å². The molecule has 0 saturated heterocycles. The smallest absolute Gasteiger partial charge is 0.246 e. The summed E-state index contributed by atoms with van der Waals surface area (Å²) in [6.45, 7) is 2.02. The average Bonchev–Trinajstić information content (AvgIpc) is 3.45. The van der Waals surface area contributed by atoms with Gasteiger partial charge in [-0.2, -0.15) is 0 Å². The topological polar surface area (TPSA) is 104 Å². The molecule has 35 heavy (non-hydrogen) atoms. The molecule has 4 N–H and O–H groups in total. The minimum absolute atomic E-state index is 0.00358. The van der Waals surface area contributed by atoms with Crippen LogP contribution in [0.15, 0.2) is 60.7 Å². The maximum Gasteiger partial charge on any atom is 0.246 e. The van der Waals surface area contributed by atoms with Gasteiger partial charge >= 0.3 is 0 Å². The molecule has 2 aromatic heterocycles. The van der Waals surface area contributed by atoms with Crippen molar-refractivity contribution >= 4 is 33.6 Å². The second-order valence-corrected chi connectivity index (χ2v) is 9.21. The molecule has 0 bridgehead atoms. The van der Waals surface area contributed by atoms with E-state index in [1.54, 1.807) is 18.9 Å². The Morgan fingerprint density at radius 2 is 1.54 bits per heavy atom. The van der Waals surface area contributed by atoms with Crippen molar-refractivity contribution in [3.63, 3.8) is 0 Å². The van der Waals surface area contributed by atoms with Gasteiger partial charge < -0.3 is 30.2 Å². The number of aliphatic hydroxyl groups excluding tert-OH is 1. The third-order valence-electron chi connectivity index (χ3n) is 6.13. The zero-order chi connectivity index (χ0) is 25.1. The quantitative estimate of drug-likeness (QED) is 0.280. The predicted octanol–water partition coefficient (Wildman–Crippen LogP) is 2.83. The number of aliphatic hydroxyl groups is 1. The van der Waals surface area contributed by atoms with Crippen molar-refractivity contribution in [3.8, 4) is 0 Å². The van der Waals surface area contributed by atoms with Crippen LogP contribution in [0.4, 0.5) is 0 Å².